The van der Waals surface area contributed by atoms with Crippen molar-refractivity contribution in [1.82, 2.24) is 0 Å². The first-order valence-corrected chi connectivity index (χ1v) is 6.86. The van der Waals surface area contributed by atoms with Gasteiger partial charge in [0.25, 0.3) is 11.7 Å². The first-order chi connectivity index (χ1) is 10.2. The maximum absolute atomic E-state index is 11.9. The molecule has 0 aliphatic carbocycles. The number of esters is 1. The molecule has 116 valence electrons. The average Bonchev–Trinajstić information content (AvgIpc) is 2.69. The van der Waals surface area contributed by atoms with Crippen LogP contribution in [0.1, 0.15) is 31.1 Å². The Bertz CT molecular complexity index is 657. The second-order valence-electron chi connectivity index (χ2n) is 6.07. The SMILES string of the molecule is CC(C)(C)C(=O)COC(=O)CN1C(=O)C(=O)c2ccccc21. The van der Waals surface area contributed by atoms with Crippen molar-refractivity contribution >= 4 is 29.1 Å². The molecule has 0 radical (unpaired) electrons. The fourth-order valence-corrected chi connectivity index (χ4v) is 1.94. The number of rotatable bonds is 4. The number of ether oxygens (including phenoxy) is 1. The minimum Gasteiger partial charge on any atom is -0.456 e. The third-order valence-corrected chi connectivity index (χ3v) is 3.37. The summed E-state index contributed by atoms with van der Waals surface area (Å²) in [5, 5.41) is 0. The first kappa shape index (κ1) is 15.9. The third kappa shape index (κ3) is 3.05. The highest BCUT2D eigenvalue weighted by Gasteiger charge is 2.36. The highest BCUT2D eigenvalue weighted by Crippen LogP contribution is 2.28. The molecule has 1 amide bonds. The van der Waals surface area contributed by atoms with E-state index in [1.807, 2.05) is 0 Å². The van der Waals surface area contributed by atoms with E-state index >= 15 is 0 Å². The Morgan fingerprint density at radius 1 is 1.14 bits per heavy atom. The number of carbonyl (C=O) groups is 4. The Labute approximate surface area is 128 Å². The van der Waals surface area contributed by atoms with Crippen LogP contribution in [0.2, 0.25) is 0 Å². The molecule has 0 spiro atoms. The number of Topliss-reactive ketones (excluding diaryl/α,β-unsaturated/α-hetero) is 2. The van der Waals surface area contributed by atoms with Crippen molar-refractivity contribution in [3.05, 3.63) is 29.8 Å². The summed E-state index contributed by atoms with van der Waals surface area (Å²) in [5.41, 5.74) is 0.0504. The van der Waals surface area contributed by atoms with Crippen molar-refractivity contribution in [3.63, 3.8) is 0 Å². The van der Waals surface area contributed by atoms with Crippen molar-refractivity contribution in [1.29, 1.82) is 0 Å². The number of fused-ring (bicyclic) bond motifs is 1. The summed E-state index contributed by atoms with van der Waals surface area (Å²) in [7, 11) is 0. The normalized spacial score (nSPS) is 14.0. The van der Waals surface area contributed by atoms with Gasteiger partial charge in [0.15, 0.2) is 12.4 Å². The second kappa shape index (κ2) is 5.71. The van der Waals surface area contributed by atoms with Crippen LogP contribution in [-0.2, 0) is 19.1 Å². The van der Waals surface area contributed by atoms with Crippen LogP contribution in [-0.4, -0.2) is 36.6 Å². The van der Waals surface area contributed by atoms with Gasteiger partial charge in [-0.25, -0.2) is 0 Å². The molecule has 0 aromatic heterocycles. The Balaban J connectivity index is 2.02. The molecule has 0 unspecified atom stereocenters. The molecule has 1 aliphatic heterocycles. The van der Waals surface area contributed by atoms with Crippen molar-refractivity contribution in [2.45, 2.75) is 20.8 Å². The molecule has 0 N–H and O–H groups in total. The number of para-hydroxylation sites is 1. The minimum atomic E-state index is -0.764. The lowest BCUT2D eigenvalue weighted by Crippen LogP contribution is -2.36. The quantitative estimate of drug-likeness (QED) is 0.620. The van der Waals surface area contributed by atoms with Gasteiger partial charge < -0.3 is 4.74 Å². The smallest absolute Gasteiger partial charge is 0.326 e. The molecule has 0 fully saturated rings. The van der Waals surface area contributed by atoms with Gasteiger partial charge in [-0.3, -0.25) is 24.1 Å². The zero-order valence-corrected chi connectivity index (χ0v) is 12.7. The van der Waals surface area contributed by atoms with Gasteiger partial charge in [-0.1, -0.05) is 32.9 Å². The number of carbonyl (C=O) groups excluding carboxylic acids is 4. The predicted octanol–water partition coefficient (Wildman–Crippen LogP) is 1.37. The first-order valence-electron chi connectivity index (χ1n) is 6.86. The molecule has 0 atom stereocenters. The maximum atomic E-state index is 11.9. The Hall–Kier alpha value is -2.50. The lowest BCUT2D eigenvalue weighted by atomic mass is 9.91. The Morgan fingerprint density at radius 2 is 1.77 bits per heavy atom. The van der Waals surface area contributed by atoms with E-state index in [-0.39, 0.29) is 24.5 Å². The fraction of sp³-hybridized carbons (Fsp3) is 0.375. The number of anilines is 1. The summed E-state index contributed by atoms with van der Waals surface area (Å²) in [4.78, 5) is 48.3. The van der Waals surface area contributed by atoms with Gasteiger partial charge in [-0.15, -0.1) is 0 Å². The molecule has 2 rings (SSSR count). The highest BCUT2D eigenvalue weighted by molar-refractivity contribution is 6.52. The highest BCUT2D eigenvalue weighted by atomic mass is 16.5. The van der Waals surface area contributed by atoms with E-state index in [4.69, 9.17) is 4.74 Å². The van der Waals surface area contributed by atoms with E-state index in [0.29, 0.717) is 5.69 Å². The number of ketones is 2. The molecule has 22 heavy (non-hydrogen) atoms. The van der Waals surface area contributed by atoms with Crippen molar-refractivity contribution in [2.75, 3.05) is 18.1 Å². The molecule has 6 heteroatoms. The summed E-state index contributed by atoms with van der Waals surface area (Å²) in [5.74, 6) is -2.35. The van der Waals surface area contributed by atoms with Gasteiger partial charge in [0, 0.05) is 5.41 Å². The van der Waals surface area contributed by atoms with Crippen LogP contribution in [0.25, 0.3) is 0 Å². The van der Waals surface area contributed by atoms with Crippen molar-refractivity contribution in [3.8, 4) is 0 Å². The minimum absolute atomic E-state index is 0.218. The molecule has 1 aromatic carbocycles. The monoisotopic (exact) mass is 303 g/mol. The lowest BCUT2D eigenvalue weighted by molar-refractivity contribution is -0.149. The Morgan fingerprint density at radius 3 is 2.41 bits per heavy atom. The van der Waals surface area contributed by atoms with Crippen LogP contribution >= 0.6 is 0 Å². The molecule has 1 aliphatic rings. The average molecular weight is 303 g/mol. The zero-order chi connectivity index (χ0) is 16.5. The van der Waals surface area contributed by atoms with Crippen molar-refractivity contribution in [2.24, 2.45) is 5.41 Å². The standard InChI is InChI=1S/C16H17NO5/c1-16(2,3)12(18)9-22-13(19)8-17-11-7-5-4-6-10(11)14(20)15(17)21/h4-7H,8-9H2,1-3H3. The lowest BCUT2D eigenvalue weighted by Gasteiger charge is -2.18. The van der Waals surface area contributed by atoms with Gasteiger partial charge in [-0.2, -0.15) is 0 Å². The summed E-state index contributed by atoms with van der Waals surface area (Å²) in [6.45, 7) is 4.44. The van der Waals surface area contributed by atoms with Crippen molar-refractivity contribution < 1.29 is 23.9 Å². The maximum Gasteiger partial charge on any atom is 0.326 e. The van der Waals surface area contributed by atoms with Crippen LogP contribution in [0.4, 0.5) is 5.69 Å². The molecule has 6 nitrogen and oxygen atoms in total. The van der Waals surface area contributed by atoms with Crippen LogP contribution in [0.5, 0.6) is 0 Å². The van der Waals surface area contributed by atoms with Gasteiger partial charge in [0.1, 0.15) is 6.54 Å². The summed E-state index contributed by atoms with van der Waals surface area (Å²) >= 11 is 0. The predicted molar refractivity (Wildman–Crippen MR) is 78.5 cm³/mol. The molecule has 1 heterocycles. The van der Waals surface area contributed by atoms with Crippen LogP contribution in [0.3, 0.4) is 0 Å². The summed E-state index contributed by atoms with van der Waals surface area (Å²) in [6, 6.07) is 6.44. The largest absolute Gasteiger partial charge is 0.456 e. The number of hydrogen-bond acceptors (Lipinski definition) is 5. The Kier molecular flexibility index (Phi) is 4.12. The molecular weight excluding hydrogens is 286 g/mol. The molecular formula is C16H17NO5. The molecule has 0 saturated heterocycles. The van der Waals surface area contributed by atoms with E-state index in [0.717, 1.165) is 4.90 Å². The topological polar surface area (TPSA) is 80.8 Å². The van der Waals surface area contributed by atoms with Gasteiger partial charge in [-0.05, 0) is 12.1 Å². The van der Waals surface area contributed by atoms with Gasteiger partial charge >= 0.3 is 5.97 Å². The number of hydrogen-bond donors (Lipinski definition) is 0. The molecule has 0 saturated carbocycles. The van der Waals surface area contributed by atoms with Crippen LogP contribution in [0, 0.1) is 5.41 Å². The van der Waals surface area contributed by atoms with Crippen LogP contribution < -0.4 is 4.90 Å². The van der Waals surface area contributed by atoms with E-state index in [1.54, 1.807) is 39.0 Å². The van der Waals surface area contributed by atoms with Gasteiger partial charge in [0.05, 0.1) is 11.3 Å². The summed E-state index contributed by atoms with van der Waals surface area (Å²) < 4.78 is 4.90. The van der Waals surface area contributed by atoms with E-state index < -0.39 is 23.1 Å². The third-order valence-electron chi connectivity index (χ3n) is 3.37. The summed E-state index contributed by atoms with van der Waals surface area (Å²) in [6.07, 6.45) is 0. The van der Waals surface area contributed by atoms with Gasteiger partial charge in [0.2, 0.25) is 0 Å². The van der Waals surface area contributed by atoms with Crippen LogP contribution in [0.15, 0.2) is 24.3 Å². The number of nitrogens with zero attached hydrogens (tertiary/aromatic N) is 1. The molecule has 0 bridgehead atoms. The fourth-order valence-electron chi connectivity index (χ4n) is 1.94. The van der Waals surface area contributed by atoms with E-state index in [2.05, 4.69) is 0 Å². The number of amides is 1. The molecule has 1 aromatic rings. The van der Waals surface area contributed by atoms with E-state index in [1.165, 1.54) is 6.07 Å². The second-order valence-corrected chi connectivity index (χ2v) is 6.07. The zero-order valence-electron chi connectivity index (χ0n) is 12.7. The number of benzene rings is 1. The van der Waals surface area contributed by atoms with E-state index in [9.17, 15) is 19.2 Å².